The minimum atomic E-state index is 0.314. The van der Waals surface area contributed by atoms with Gasteiger partial charge in [0.25, 0.3) is 0 Å². The standard InChI is InChI=1S/C23H34/c1-8-18-13-12-17(15-22(2,3)4)14-21-19(16-23(5,6)7)10-9-11-20(18)21/h9-14,17H,8,15-16H2,1-7H3. The van der Waals surface area contributed by atoms with Crippen molar-refractivity contribution in [3.05, 3.63) is 46.4 Å². The number of fused-ring (bicyclic) bond motifs is 1. The second kappa shape index (κ2) is 6.67. The molecule has 0 amide bonds. The largest absolute Gasteiger partial charge is 0.0773 e. The monoisotopic (exact) mass is 310 g/mol. The van der Waals surface area contributed by atoms with Crippen LogP contribution in [0.15, 0.2) is 30.4 Å². The molecular weight excluding hydrogens is 276 g/mol. The van der Waals surface area contributed by atoms with Crippen LogP contribution >= 0.6 is 0 Å². The highest BCUT2D eigenvalue weighted by Gasteiger charge is 2.18. The van der Waals surface area contributed by atoms with Crippen molar-refractivity contribution in [2.24, 2.45) is 16.7 Å². The Bertz CT molecular complexity index is 687. The lowest BCUT2D eigenvalue weighted by Crippen LogP contribution is -2.32. The molecule has 0 aliphatic heterocycles. The van der Waals surface area contributed by atoms with E-state index in [1.54, 1.807) is 0 Å². The predicted molar refractivity (Wildman–Crippen MR) is 104 cm³/mol. The molecule has 1 atom stereocenters. The van der Waals surface area contributed by atoms with Gasteiger partial charge in [-0.15, -0.1) is 0 Å². The molecule has 0 saturated carbocycles. The second-order valence-corrected chi connectivity index (χ2v) is 9.45. The summed E-state index contributed by atoms with van der Waals surface area (Å²) in [6, 6.07) is 6.87. The molecule has 0 saturated heterocycles. The van der Waals surface area contributed by atoms with E-state index in [1.807, 2.05) is 0 Å². The summed E-state index contributed by atoms with van der Waals surface area (Å²) in [5.41, 5.74) is 3.64. The zero-order valence-corrected chi connectivity index (χ0v) is 16.2. The molecule has 0 fully saturated rings. The molecule has 126 valence electrons. The van der Waals surface area contributed by atoms with E-state index < -0.39 is 0 Å². The molecule has 0 heterocycles. The SMILES string of the molecule is CCC1=c2cccc(CC(C)(C)C)c2=CC(CC(C)(C)C)C=C1. The van der Waals surface area contributed by atoms with Gasteiger partial charge in [0.15, 0.2) is 0 Å². The molecule has 1 aromatic carbocycles. The van der Waals surface area contributed by atoms with E-state index in [0.717, 1.165) is 12.8 Å². The Morgan fingerprint density at radius 1 is 0.957 bits per heavy atom. The van der Waals surface area contributed by atoms with Crippen LogP contribution in [0, 0.1) is 16.7 Å². The number of hydrogen-bond donors (Lipinski definition) is 0. The van der Waals surface area contributed by atoms with Gasteiger partial charge < -0.3 is 0 Å². The normalized spacial score (nSPS) is 18.4. The summed E-state index contributed by atoms with van der Waals surface area (Å²) < 4.78 is 0. The van der Waals surface area contributed by atoms with Crippen molar-refractivity contribution in [1.82, 2.24) is 0 Å². The van der Waals surface area contributed by atoms with Crippen LogP contribution in [0.3, 0.4) is 0 Å². The van der Waals surface area contributed by atoms with Crippen LogP contribution in [0.4, 0.5) is 0 Å². The molecule has 1 aromatic rings. The fourth-order valence-corrected chi connectivity index (χ4v) is 3.56. The molecular formula is C23H34. The van der Waals surface area contributed by atoms with Gasteiger partial charge in [0.2, 0.25) is 0 Å². The third-order valence-electron chi connectivity index (χ3n) is 4.42. The van der Waals surface area contributed by atoms with E-state index in [1.165, 1.54) is 28.0 Å². The minimum absolute atomic E-state index is 0.314. The Kier molecular flexibility index (Phi) is 5.23. The summed E-state index contributed by atoms with van der Waals surface area (Å²) in [6.45, 7) is 16.3. The molecule has 23 heavy (non-hydrogen) atoms. The van der Waals surface area contributed by atoms with E-state index in [9.17, 15) is 0 Å². The molecule has 0 heteroatoms. The smallest absolute Gasteiger partial charge is 0.00360 e. The zero-order chi connectivity index (χ0) is 17.3. The summed E-state index contributed by atoms with van der Waals surface area (Å²) in [5.74, 6) is 0.527. The maximum atomic E-state index is 2.53. The third kappa shape index (κ3) is 5.09. The van der Waals surface area contributed by atoms with Gasteiger partial charge in [-0.3, -0.25) is 0 Å². The van der Waals surface area contributed by atoms with Crippen molar-refractivity contribution >= 4 is 11.6 Å². The van der Waals surface area contributed by atoms with E-state index in [-0.39, 0.29) is 0 Å². The number of rotatable bonds is 3. The maximum Gasteiger partial charge on any atom is -0.00360 e. The maximum absolute atomic E-state index is 2.53. The summed E-state index contributed by atoms with van der Waals surface area (Å²) >= 11 is 0. The first-order valence-corrected chi connectivity index (χ1v) is 9.10. The fourth-order valence-electron chi connectivity index (χ4n) is 3.56. The first kappa shape index (κ1) is 18.0. The van der Waals surface area contributed by atoms with Gasteiger partial charge in [0.05, 0.1) is 0 Å². The Labute approximate surface area is 143 Å². The number of hydrogen-bond acceptors (Lipinski definition) is 0. The van der Waals surface area contributed by atoms with Crippen molar-refractivity contribution in [3.8, 4) is 0 Å². The minimum Gasteiger partial charge on any atom is -0.0773 e. The highest BCUT2D eigenvalue weighted by atomic mass is 14.2. The molecule has 2 rings (SSSR count). The summed E-state index contributed by atoms with van der Waals surface area (Å²) in [6.07, 6.45) is 10.7. The van der Waals surface area contributed by atoms with Crippen molar-refractivity contribution in [2.75, 3.05) is 0 Å². The van der Waals surface area contributed by atoms with E-state index in [0.29, 0.717) is 16.7 Å². The van der Waals surface area contributed by atoms with Gasteiger partial charge >= 0.3 is 0 Å². The lowest BCUT2D eigenvalue weighted by atomic mass is 9.83. The van der Waals surface area contributed by atoms with Gasteiger partial charge in [-0.05, 0) is 57.6 Å². The lowest BCUT2D eigenvalue weighted by molar-refractivity contribution is 0.357. The Morgan fingerprint density at radius 3 is 2.22 bits per heavy atom. The zero-order valence-electron chi connectivity index (χ0n) is 16.2. The highest BCUT2D eigenvalue weighted by Crippen LogP contribution is 2.27. The molecule has 1 aliphatic carbocycles. The van der Waals surface area contributed by atoms with Crippen LogP contribution in [0.5, 0.6) is 0 Å². The molecule has 1 aliphatic rings. The Morgan fingerprint density at radius 2 is 1.65 bits per heavy atom. The summed E-state index contributed by atoms with van der Waals surface area (Å²) in [5, 5.41) is 2.93. The second-order valence-electron chi connectivity index (χ2n) is 9.45. The molecule has 0 spiro atoms. The van der Waals surface area contributed by atoms with E-state index >= 15 is 0 Å². The van der Waals surface area contributed by atoms with Crippen molar-refractivity contribution in [2.45, 2.75) is 67.7 Å². The topological polar surface area (TPSA) is 0 Å². The van der Waals surface area contributed by atoms with Crippen molar-refractivity contribution in [1.29, 1.82) is 0 Å². The molecule has 0 nitrogen and oxygen atoms in total. The fraction of sp³-hybridized carbons (Fsp3) is 0.565. The first-order chi connectivity index (χ1) is 10.6. The van der Waals surface area contributed by atoms with Gasteiger partial charge in [-0.2, -0.15) is 0 Å². The molecule has 0 bridgehead atoms. The van der Waals surface area contributed by atoms with Gasteiger partial charge in [-0.25, -0.2) is 0 Å². The van der Waals surface area contributed by atoms with Gasteiger partial charge in [0, 0.05) is 0 Å². The van der Waals surface area contributed by atoms with Crippen molar-refractivity contribution in [3.63, 3.8) is 0 Å². The molecule has 0 aromatic heterocycles. The van der Waals surface area contributed by atoms with Gasteiger partial charge in [-0.1, -0.05) is 84.9 Å². The third-order valence-corrected chi connectivity index (χ3v) is 4.42. The van der Waals surface area contributed by atoms with E-state index in [2.05, 4.69) is 84.9 Å². The molecule has 1 unspecified atom stereocenters. The first-order valence-electron chi connectivity index (χ1n) is 9.10. The quantitative estimate of drug-likeness (QED) is 0.716. The Balaban J connectivity index is 2.62. The van der Waals surface area contributed by atoms with E-state index in [4.69, 9.17) is 0 Å². The summed E-state index contributed by atoms with van der Waals surface area (Å²) in [4.78, 5) is 0. The predicted octanol–water partition coefficient (Wildman–Crippen LogP) is 5.24. The van der Waals surface area contributed by atoms with Gasteiger partial charge in [0.1, 0.15) is 0 Å². The number of allylic oxidation sites excluding steroid dienone is 2. The van der Waals surface area contributed by atoms with Crippen LogP contribution in [-0.2, 0) is 6.42 Å². The Hall–Kier alpha value is -1.30. The van der Waals surface area contributed by atoms with Crippen LogP contribution in [0.25, 0.3) is 11.6 Å². The summed E-state index contributed by atoms with van der Waals surface area (Å²) in [7, 11) is 0. The molecule has 0 radical (unpaired) electrons. The van der Waals surface area contributed by atoms with Crippen molar-refractivity contribution < 1.29 is 0 Å². The van der Waals surface area contributed by atoms with Crippen LogP contribution in [0.1, 0.15) is 66.9 Å². The van der Waals surface area contributed by atoms with Crippen LogP contribution in [-0.4, -0.2) is 0 Å². The van der Waals surface area contributed by atoms with Crippen LogP contribution < -0.4 is 10.4 Å². The average Bonchev–Trinajstić information content (AvgIpc) is 2.55. The lowest BCUT2D eigenvalue weighted by Gasteiger charge is -2.22. The van der Waals surface area contributed by atoms with Crippen LogP contribution in [0.2, 0.25) is 0 Å². The molecule has 0 N–H and O–H groups in total. The highest BCUT2D eigenvalue weighted by molar-refractivity contribution is 5.60. The average molecular weight is 311 g/mol. The number of benzene rings is 1.